The molecule has 31 heavy (non-hydrogen) atoms. The number of hydrogen-bond donors (Lipinski definition) is 0. The van der Waals surface area contributed by atoms with Crippen LogP contribution in [0.15, 0.2) is 42.5 Å². The first-order valence-electron chi connectivity index (χ1n) is 10.4. The van der Waals surface area contributed by atoms with Crippen molar-refractivity contribution in [3.8, 4) is 5.75 Å². The number of carbonyl (C=O) groups is 1. The molecular formula is C23H28ClN3O3S. The lowest BCUT2D eigenvalue weighted by molar-refractivity contribution is 0.0391. The highest BCUT2D eigenvalue weighted by atomic mass is 35.5. The number of hydrogen-bond acceptors (Lipinski definition) is 6. The van der Waals surface area contributed by atoms with Gasteiger partial charge in [-0.3, -0.25) is 14.6 Å². The predicted octanol–water partition coefficient (Wildman–Crippen LogP) is 4.40. The Morgan fingerprint density at radius 3 is 2.61 bits per heavy atom. The van der Waals surface area contributed by atoms with Crippen LogP contribution in [0.3, 0.4) is 0 Å². The number of halogens is 1. The van der Waals surface area contributed by atoms with Crippen LogP contribution in [-0.4, -0.2) is 61.8 Å². The number of carbonyl (C=O) groups excluding carboxylic acids is 1. The van der Waals surface area contributed by atoms with Crippen molar-refractivity contribution in [2.24, 2.45) is 0 Å². The number of para-hydroxylation sites is 1. The van der Waals surface area contributed by atoms with E-state index in [0.29, 0.717) is 18.7 Å². The number of anilines is 1. The van der Waals surface area contributed by atoms with Gasteiger partial charge in [-0.15, -0.1) is 12.4 Å². The SMILES string of the molecule is CCOc1ccc(C(=O)N(CCN2CCOCC2)c2nc3c(C)cccc3s2)cc1.Cl. The number of amides is 1. The van der Waals surface area contributed by atoms with E-state index in [4.69, 9.17) is 14.5 Å². The summed E-state index contributed by atoms with van der Waals surface area (Å²) in [5.74, 6) is 0.729. The number of benzene rings is 2. The van der Waals surface area contributed by atoms with Gasteiger partial charge in [0, 0.05) is 31.7 Å². The van der Waals surface area contributed by atoms with E-state index in [1.54, 1.807) is 11.3 Å². The molecule has 0 bridgehead atoms. The van der Waals surface area contributed by atoms with Gasteiger partial charge in [0.1, 0.15) is 5.75 Å². The minimum absolute atomic E-state index is 0. The predicted molar refractivity (Wildman–Crippen MR) is 128 cm³/mol. The zero-order valence-electron chi connectivity index (χ0n) is 17.9. The molecule has 8 heteroatoms. The Kier molecular flexibility index (Phi) is 8.26. The van der Waals surface area contributed by atoms with Gasteiger partial charge >= 0.3 is 0 Å². The first-order chi connectivity index (χ1) is 14.7. The van der Waals surface area contributed by atoms with Crippen molar-refractivity contribution >= 4 is 45.0 Å². The number of morpholine rings is 1. The molecule has 6 nitrogen and oxygen atoms in total. The van der Waals surface area contributed by atoms with Crippen LogP contribution in [0.25, 0.3) is 10.2 Å². The second kappa shape index (κ2) is 10.9. The van der Waals surface area contributed by atoms with Gasteiger partial charge in [0.15, 0.2) is 5.13 Å². The summed E-state index contributed by atoms with van der Waals surface area (Å²) >= 11 is 1.57. The minimum atomic E-state index is -0.0389. The topological polar surface area (TPSA) is 54.9 Å². The highest BCUT2D eigenvalue weighted by molar-refractivity contribution is 7.22. The monoisotopic (exact) mass is 461 g/mol. The molecule has 0 atom stereocenters. The molecule has 1 fully saturated rings. The van der Waals surface area contributed by atoms with Crippen molar-refractivity contribution < 1.29 is 14.3 Å². The molecule has 166 valence electrons. The van der Waals surface area contributed by atoms with Crippen molar-refractivity contribution in [3.63, 3.8) is 0 Å². The van der Waals surface area contributed by atoms with Crippen LogP contribution < -0.4 is 9.64 Å². The highest BCUT2D eigenvalue weighted by Gasteiger charge is 2.23. The fourth-order valence-corrected chi connectivity index (χ4v) is 4.62. The molecule has 2 aromatic carbocycles. The van der Waals surface area contributed by atoms with Crippen LogP contribution in [0.2, 0.25) is 0 Å². The Labute approximate surface area is 193 Å². The van der Waals surface area contributed by atoms with Gasteiger partial charge in [-0.05, 0) is 49.7 Å². The summed E-state index contributed by atoms with van der Waals surface area (Å²) < 4.78 is 12.1. The fraction of sp³-hybridized carbons (Fsp3) is 0.391. The molecule has 0 aliphatic carbocycles. The Bertz CT molecular complexity index is 1000. The normalized spacial score (nSPS) is 14.3. The molecule has 0 N–H and O–H groups in total. The molecule has 0 unspecified atom stereocenters. The third-order valence-electron chi connectivity index (χ3n) is 5.24. The lowest BCUT2D eigenvalue weighted by Crippen LogP contribution is -2.43. The Morgan fingerprint density at radius 2 is 1.94 bits per heavy atom. The smallest absolute Gasteiger partial charge is 0.260 e. The van der Waals surface area contributed by atoms with Crippen LogP contribution in [0.5, 0.6) is 5.75 Å². The average Bonchev–Trinajstić information content (AvgIpc) is 3.21. The number of ether oxygens (including phenoxy) is 2. The van der Waals surface area contributed by atoms with Crippen molar-refractivity contribution in [1.29, 1.82) is 0 Å². The average molecular weight is 462 g/mol. The molecular weight excluding hydrogens is 434 g/mol. The maximum Gasteiger partial charge on any atom is 0.260 e. The van der Waals surface area contributed by atoms with Crippen LogP contribution in [0, 0.1) is 6.92 Å². The first kappa shape index (κ1) is 23.5. The maximum absolute atomic E-state index is 13.5. The second-order valence-corrected chi connectivity index (χ2v) is 8.30. The van der Waals surface area contributed by atoms with Crippen LogP contribution >= 0.6 is 23.7 Å². The lowest BCUT2D eigenvalue weighted by atomic mass is 10.2. The van der Waals surface area contributed by atoms with Gasteiger partial charge in [-0.1, -0.05) is 23.5 Å². The minimum Gasteiger partial charge on any atom is -0.494 e. The summed E-state index contributed by atoms with van der Waals surface area (Å²) in [6.07, 6.45) is 0. The zero-order chi connectivity index (χ0) is 20.9. The number of aryl methyl sites for hydroxylation is 1. The van der Waals surface area contributed by atoms with Gasteiger partial charge in [0.25, 0.3) is 5.91 Å². The summed E-state index contributed by atoms with van der Waals surface area (Å²) in [7, 11) is 0. The Hall–Kier alpha value is -2.19. The molecule has 1 aliphatic rings. The Balaban J connectivity index is 0.00000272. The van der Waals surface area contributed by atoms with Crippen molar-refractivity contribution in [1.82, 2.24) is 9.88 Å². The summed E-state index contributed by atoms with van der Waals surface area (Å²) in [6.45, 7) is 9.25. The van der Waals surface area contributed by atoms with Gasteiger partial charge in [0.2, 0.25) is 0 Å². The third kappa shape index (κ3) is 5.54. The van der Waals surface area contributed by atoms with Crippen molar-refractivity contribution in [2.75, 3.05) is 50.9 Å². The Morgan fingerprint density at radius 1 is 1.19 bits per heavy atom. The molecule has 1 saturated heterocycles. The molecule has 0 saturated carbocycles. The second-order valence-electron chi connectivity index (χ2n) is 7.29. The van der Waals surface area contributed by atoms with E-state index >= 15 is 0 Å². The summed E-state index contributed by atoms with van der Waals surface area (Å²) in [4.78, 5) is 22.4. The van der Waals surface area contributed by atoms with E-state index in [-0.39, 0.29) is 18.3 Å². The highest BCUT2D eigenvalue weighted by Crippen LogP contribution is 2.31. The first-order valence-corrected chi connectivity index (χ1v) is 11.2. The summed E-state index contributed by atoms with van der Waals surface area (Å²) in [5.41, 5.74) is 2.72. The fourth-order valence-electron chi connectivity index (χ4n) is 3.56. The van der Waals surface area contributed by atoms with E-state index in [0.717, 1.165) is 59.5 Å². The van der Waals surface area contributed by atoms with E-state index in [2.05, 4.69) is 24.0 Å². The van der Waals surface area contributed by atoms with Gasteiger partial charge < -0.3 is 9.47 Å². The molecule has 3 aromatic rings. The lowest BCUT2D eigenvalue weighted by Gasteiger charge is -2.29. The van der Waals surface area contributed by atoms with E-state index in [1.165, 1.54) is 0 Å². The number of fused-ring (bicyclic) bond motifs is 1. The van der Waals surface area contributed by atoms with E-state index < -0.39 is 0 Å². The number of thiazole rings is 1. The van der Waals surface area contributed by atoms with Crippen LogP contribution in [0.1, 0.15) is 22.8 Å². The zero-order valence-corrected chi connectivity index (χ0v) is 19.5. The quantitative estimate of drug-likeness (QED) is 0.521. The van der Waals surface area contributed by atoms with Gasteiger partial charge in [0.05, 0.1) is 30.0 Å². The molecule has 0 radical (unpaired) electrons. The van der Waals surface area contributed by atoms with E-state index in [1.807, 2.05) is 42.2 Å². The molecule has 1 aromatic heterocycles. The maximum atomic E-state index is 13.5. The molecule has 4 rings (SSSR count). The van der Waals surface area contributed by atoms with Crippen LogP contribution in [0.4, 0.5) is 5.13 Å². The number of rotatable bonds is 7. The van der Waals surface area contributed by atoms with Crippen molar-refractivity contribution in [3.05, 3.63) is 53.6 Å². The standard InChI is InChI=1S/C23H27N3O3S.ClH/c1-3-29-19-9-7-18(8-10-19)22(27)26(12-11-25-13-15-28-16-14-25)23-24-21-17(2)5-4-6-20(21)30-23;/h4-10H,3,11-16H2,1-2H3;1H. The molecule has 0 spiro atoms. The molecule has 2 heterocycles. The molecule has 1 amide bonds. The molecule has 1 aliphatic heterocycles. The summed E-state index contributed by atoms with van der Waals surface area (Å²) in [5, 5.41) is 0.742. The number of nitrogens with zero attached hydrogens (tertiary/aromatic N) is 3. The largest absolute Gasteiger partial charge is 0.494 e. The van der Waals surface area contributed by atoms with E-state index in [9.17, 15) is 4.79 Å². The van der Waals surface area contributed by atoms with Gasteiger partial charge in [-0.2, -0.15) is 0 Å². The summed E-state index contributed by atoms with van der Waals surface area (Å²) in [6, 6.07) is 13.5. The number of aromatic nitrogens is 1. The van der Waals surface area contributed by atoms with Crippen LogP contribution in [-0.2, 0) is 4.74 Å². The van der Waals surface area contributed by atoms with Gasteiger partial charge in [-0.25, -0.2) is 4.98 Å². The van der Waals surface area contributed by atoms with Crippen molar-refractivity contribution in [2.45, 2.75) is 13.8 Å². The third-order valence-corrected chi connectivity index (χ3v) is 6.28.